The number of halogens is 4. The lowest BCUT2D eigenvalue weighted by Gasteiger charge is -2.09. The Morgan fingerprint density at radius 1 is 0.833 bits per heavy atom. The molecule has 0 unspecified atom stereocenters. The van der Waals surface area contributed by atoms with Crippen LogP contribution in [-0.4, -0.2) is 0 Å². The van der Waals surface area contributed by atoms with E-state index in [1.165, 1.54) is 0 Å². The molecule has 0 atom stereocenters. The highest BCUT2D eigenvalue weighted by Crippen LogP contribution is 2.24. The fourth-order valence-electron chi connectivity index (χ4n) is 1.51. The van der Waals surface area contributed by atoms with Gasteiger partial charge in [-0.1, -0.05) is 30.3 Å². The summed E-state index contributed by atoms with van der Waals surface area (Å²) in [6.45, 7) is 0.0670. The van der Waals surface area contributed by atoms with Gasteiger partial charge in [-0.3, -0.25) is 0 Å². The summed E-state index contributed by atoms with van der Waals surface area (Å²) in [5, 5.41) is 2.35. The maximum absolute atomic E-state index is 13.3. The first-order valence-electron chi connectivity index (χ1n) is 5.20. The van der Waals surface area contributed by atoms with Gasteiger partial charge in [-0.25, -0.2) is 17.6 Å². The van der Waals surface area contributed by atoms with E-state index >= 15 is 0 Å². The number of nitrogens with one attached hydrogen (secondary N) is 1. The van der Waals surface area contributed by atoms with Crippen molar-refractivity contribution in [1.29, 1.82) is 0 Å². The summed E-state index contributed by atoms with van der Waals surface area (Å²) in [4.78, 5) is 0. The number of anilines is 1. The highest BCUT2D eigenvalue weighted by Gasteiger charge is 2.18. The molecule has 0 amide bonds. The van der Waals surface area contributed by atoms with Crippen LogP contribution in [0.4, 0.5) is 23.2 Å². The Kier molecular flexibility index (Phi) is 3.50. The first kappa shape index (κ1) is 12.4. The zero-order valence-electron chi connectivity index (χ0n) is 9.18. The van der Waals surface area contributed by atoms with Crippen LogP contribution in [0.15, 0.2) is 36.4 Å². The average molecular weight is 255 g/mol. The van der Waals surface area contributed by atoms with Crippen molar-refractivity contribution < 1.29 is 17.6 Å². The smallest absolute Gasteiger partial charge is 0.185 e. The van der Waals surface area contributed by atoms with Crippen molar-refractivity contribution in [2.45, 2.75) is 6.54 Å². The van der Waals surface area contributed by atoms with Gasteiger partial charge in [-0.15, -0.1) is 0 Å². The molecule has 0 saturated carbocycles. The van der Waals surface area contributed by atoms with E-state index < -0.39 is 29.0 Å². The molecule has 0 bridgehead atoms. The summed E-state index contributed by atoms with van der Waals surface area (Å²) in [5.74, 6) is -5.71. The Morgan fingerprint density at radius 2 is 1.39 bits per heavy atom. The Bertz CT molecular complexity index is 528. The Balaban J connectivity index is 2.24. The van der Waals surface area contributed by atoms with Crippen molar-refractivity contribution in [2.75, 3.05) is 5.32 Å². The predicted octanol–water partition coefficient (Wildman–Crippen LogP) is 3.86. The van der Waals surface area contributed by atoms with Crippen molar-refractivity contribution in [3.63, 3.8) is 0 Å². The third-order valence-corrected chi connectivity index (χ3v) is 2.42. The molecule has 2 rings (SSSR count). The van der Waals surface area contributed by atoms with Gasteiger partial charge >= 0.3 is 0 Å². The molecule has 0 heterocycles. The molecule has 5 heteroatoms. The van der Waals surface area contributed by atoms with Crippen LogP contribution < -0.4 is 5.32 Å². The van der Waals surface area contributed by atoms with Crippen LogP contribution in [0.1, 0.15) is 5.56 Å². The van der Waals surface area contributed by atoms with Crippen LogP contribution in [0, 0.1) is 23.3 Å². The molecule has 0 fully saturated rings. The minimum absolute atomic E-state index is 0.0670. The van der Waals surface area contributed by atoms with E-state index in [2.05, 4.69) is 5.32 Å². The normalized spacial score (nSPS) is 10.4. The van der Waals surface area contributed by atoms with E-state index in [9.17, 15) is 17.6 Å². The quantitative estimate of drug-likeness (QED) is 0.648. The van der Waals surface area contributed by atoms with Crippen LogP contribution in [0.25, 0.3) is 0 Å². The lowest BCUT2D eigenvalue weighted by Crippen LogP contribution is -2.07. The van der Waals surface area contributed by atoms with Crippen LogP contribution in [0.2, 0.25) is 0 Å². The van der Waals surface area contributed by atoms with E-state index in [0.29, 0.717) is 0 Å². The molecule has 0 aliphatic rings. The molecular formula is C13H9F4N. The highest BCUT2D eigenvalue weighted by molar-refractivity contribution is 5.47. The number of hydrogen-bond donors (Lipinski definition) is 1. The van der Waals surface area contributed by atoms with Gasteiger partial charge < -0.3 is 5.32 Å². The van der Waals surface area contributed by atoms with Gasteiger partial charge in [0.15, 0.2) is 23.3 Å². The summed E-state index contributed by atoms with van der Waals surface area (Å²) in [5.41, 5.74) is -0.0580. The van der Waals surface area contributed by atoms with Gasteiger partial charge in [0.05, 0.1) is 0 Å². The van der Waals surface area contributed by atoms with Crippen LogP contribution in [0.3, 0.4) is 0 Å². The van der Waals surface area contributed by atoms with Crippen LogP contribution >= 0.6 is 0 Å². The molecule has 1 nitrogen and oxygen atoms in total. The summed E-state index contributed by atoms with van der Waals surface area (Å²) >= 11 is 0. The van der Waals surface area contributed by atoms with E-state index in [-0.39, 0.29) is 12.6 Å². The summed E-state index contributed by atoms with van der Waals surface area (Å²) in [7, 11) is 0. The molecule has 2 aromatic rings. The van der Waals surface area contributed by atoms with Crippen molar-refractivity contribution in [1.82, 2.24) is 0 Å². The molecule has 0 saturated heterocycles. The largest absolute Gasteiger partial charge is 0.376 e. The number of rotatable bonds is 3. The Labute approximate surface area is 101 Å². The molecule has 2 aromatic carbocycles. The third-order valence-electron chi connectivity index (χ3n) is 2.42. The van der Waals surface area contributed by atoms with Crippen LogP contribution in [-0.2, 0) is 6.54 Å². The van der Waals surface area contributed by atoms with Gasteiger partial charge in [-0.2, -0.15) is 0 Å². The van der Waals surface area contributed by atoms with Crippen LogP contribution in [0.5, 0.6) is 0 Å². The molecule has 0 spiro atoms. The molecule has 94 valence electrons. The molecule has 1 N–H and O–H groups in total. The average Bonchev–Trinajstić information content (AvgIpc) is 2.38. The van der Waals surface area contributed by atoms with Gasteiger partial charge in [0, 0.05) is 12.6 Å². The Hall–Kier alpha value is -2.04. The summed E-state index contributed by atoms with van der Waals surface area (Å²) < 4.78 is 52.5. The SMILES string of the molecule is Fc1cc(F)c(F)c(NCc2ccccc2)c1F. The van der Waals surface area contributed by atoms with Crippen molar-refractivity contribution in [3.8, 4) is 0 Å². The van der Waals surface area contributed by atoms with E-state index in [0.717, 1.165) is 5.56 Å². The van der Waals surface area contributed by atoms with Gasteiger partial charge in [-0.05, 0) is 5.56 Å². The van der Waals surface area contributed by atoms with E-state index in [4.69, 9.17) is 0 Å². The summed E-state index contributed by atoms with van der Waals surface area (Å²) in [6, 6.07) is 8.90. The first-order chi connectivity index (χ1) is 8.59. The van der Waals surface area contributed by atoms with Crippen molar-refractivity contribution in [2.24, 2.45) is 0 Å². The summed E-state index contributed by atoms with van der Waals surface area (Å²) in [6.07, 6.45) is 0. The number of hydrogen-bond acceptors (Lipinski definition) is 1. The highest BCUT2D eigenvalue weighted by atomic mass is 19.2. The molecule has 0 aliphatic carbocycles. The molecule has 0 aromatic heterocycles. The van der Waals surface area contributed by atoms with E-state index in [1.54, 1.807) is 30.3 Å². The number of benzene rings is 2. The van der Waals surface area contributed by atoms with E-state index in [1.807, 2.05) is 0 Å². The van der Waals surface area contributed by atoms with Gasteiger partial charge in [0.1, 0.15) is 5.69 Å². The van der Waals surface area contributed by atoms with Gasteiger partial charge in [0.25, 0.3) is 0 Å². The molecule has 18 heavy (non-hydrogen) atoms. The third kappa shape index (κ3) is 2.45. The zero-order valence-corrected chi connectivity index (χ0v) is 9.18. The lowest BCUT2D eigenvalue weighted by atomic mass is 10.2. The predicted molar refractivity (Wildman–Crippen MR) is 60.0 cm³/mol. The molecular weight excluding hydrogens is 246 g/mol. The van der Waals surface area contributed by atoms with Crippen molar-refractivity contribution in [3.05, 3.63) is 65.2 Å². The second-order valence-corrected chi connectivity index (χ2v) is 3.68. The topological polar surface area (TPSA) is 12.0 Å². The second-order valence-electron chi connectivity index (χ2n) is 3.68. The molecule has 0 radical (unpaired) electrons. The monoisotopic (exact) mass is 255 g/mol. The minimum Gasteiger partial charge on any atom is -0.376 e. The van der Waals surface area contributed by atoms with Gasteiger partial charge in [0.2, 0.25) is 0 Å². The fourth-order valence-corrected chi connectivity index (χ4v) is 1.51. The molecule has 0 aliphatic heterocycles. The fraction of sp³-hybridized carbons (Fsp3) is 0.0769. The Morgan fingerprint density at radius 3 is 1.94 bits per heavy atom. The maximum Gasteiger partial charge on any atom is 0.185 e. The maximum atomic E-state index is 13.3. The zero-order chi connectivity index (χ0) is 13.1. The lowest BCUT2D eigenvalue weighted by molar-refractivity contribution is 0.458. The van der Waals surface area contributed by atoms with Crippen molar-refractivity contribution >= 4 is 5.69 Å². The first-order valence-corrected chi connectivity index (χ1v) is 5.20. The minimum atomic E-state index is -1.43. The second kappa shape index (κ2) is 5.08. The standard InChI is InChI=1S/C13H9F4N/c14-9-6-10(15)12(17)13(11(9)16)18-7-8-4-2-1-3-5-8/h1-6,18H,7H2.